The molecule has 3 unspecified atom stereocenters. The lowest BCUT2D eigenvalue weighted by molar-refractivity contribution is -0.136. The lowest BCUT2D eigenvalue weighted by atomic mass is 9.88. The van der Waals surface area contributed by atoms with Crippen LogP contribution in [0.25, 0.3) is 0 Å². The van der Waals surface area contributed by atoms with Crippen LogP contribution in [0.15, 0.2) is 24.3 Å². The Bertz CT molecular complexity index is 577. The highest BCUT2D eigenvalue weighted by Crippen LogP contribution is 2.21. The van der Waals surface area contributed by atoms with Crippen molar-refractivity contribution in [2.45, 2.75) is 50.7 Å². The van der Waals surface area contributed by atoms with Gasteiger partial charge in [-0.1, -0.05) is 12.1 Å². The summed E-state index contributed by atoms with van der Waals surface area (Å²) >= 11 is 0. The summed E-state index contributed by atoms with van der Waals surface area (Å²) in [7, 11) is 0. The molecule has 0 aromatic heterocycles. The third-order valence-corrected chi connectivity index (χ3v) is 4.12. The largest absolute Gasteiger partial charge is 0.393 e. The van der Waals surface area contributed by atoms with Gasteiger partial charge in [-0.05, 0) is 56.7 Å². The zero-order valence-corrected chi connectivity index (χ0v) is 13.7. The molecule has 0 heterocycles. The minimum atomic E-state index is -1.72. The molecule has 1 rings (SSSR count). The molecule has 2 amide bonds. The number of hydrogen-bond acceptors (Lipinski definition) is 4. The maximum Gasteiger partial charge on any atom is 0.249 e. The smallest absolute Gasteiger partial charge is 0.249 e. The molecule has 134 valence electrons. The summed E-state index contributed by atoms with van der Waals surface area (Å²) in [5.41, 5.74) is 9.42. The minimum absolute atomic E-state index is 0.0213. The van der Waals surface area contributed by atoms with Gasteiger partial charge in [0, 0.05) is 5.92 Å². The van der Waals surface area contributed by atoms with Crippen LogP contribution in [0.3, 0.4) is 0 Å². The number of aryl methyl sites for hydroxylation is 1. The van der Waals surface area contributed by atoms with Crippen LogP contribution < -0.4 is 11.5 Å². The molecule has 0 saturated heterocycles. The van der Waals surface area contributed by atoms with Crippen LogP contribution >= 0.6 is 0 Å². The molecule has 6 nitrogen and oxygen atoms in total. The molecular formula is C17H25FN2O4. The second-order valence-corrected chi connectivity index (χ2v) is 6.33. The molecule has 1 aromatic carbocycles. The van der Waals surface area contributed by atoms with Crippen molar-refractivity contribution in [2.75, 3.05) is 0 Å². The van der Waals surface area contributed by atoms with E-state index in [0.29, 0.717) is 12.8 Å². The number of carbonyl (C=O) groups is 2. The van der Waals surface area contributed by atoms with Crippen molar-refractivity contribution >= 4 is 11.8 Å². The summed E-state index contributed by atoms with van der Waals surface area (Å²) in [6.07, 6.45) is 0.237. The molecule has 7 heteroatoms. The summed E-state index contributed by atoms with van der Waals surface area (Å²) in [5.74, 6) is -2.51. The third kappa shape index (κ3) is 6.64. The fourth-order valence-electron chi connectivity index (χ4n) is 2.43. The first-order valence-electron chi connectivity index (χ1n) is 7.86. The van der Waals surface area contributed by atoms with Crippen molar-refractivity contribution in [3.8, 4) is 0 Å². The summed E-state index contributed by atoms with van der Waals surface area (Å²) in [6.45, 7) is 1.27. The number of nitrogens with two attached hydrogens (primary N) is 2. The Morgan fingerprint density at radius 1 is 1.29 bits per heavy atom. The average Bonchev–Trinajstić information content (AvgIpc) is 2.49. The molecule has 0 bridgehead atoms. The Balaban J connectivity index is 2.52. The number of carbonyl (C=O) groups excluding carboxylic acids is 2. The normalized spacial score (nSPS) is 16.2. The molecule has 0 fully saturated rings. The van der Waals surface area contributed by atoms with Crippen LogP contribution in [-0.2, 0) is 16.0 Å². The SMILES string of the molecule is CC(O)(CCC(CC(O)CCc1cccc(F)c1)C(N)=O)C(N)=O. The maximum atomic E-state index is 13.1. The molecule has 0 radical (unpaired) electrons. The van der Waals surface area contributed by atoms with E-state index in [9.17, 15) is 24.2 Å². The van der Waals surface area contributed by atoms with Gasteiger partial charge in [-0.3, -0.25) is 9.59 Å². The van der Waals surface area contributed by atoms with Crippen molar-refractivity contribution in [3.63, 3.8) is 0 Å². The number of benzene rings is 1. The van der Waals surface area contributed by atoms with Gasteiger partial charge in [0.1, 0.15) is 11.4 Å². The van der Waals surface area contributed by atoms with Crippen molar-refractivity contribution in [1.29, 1.82) is 0 Å². The van der Waals surface area contributed by atoms with Gasteiger partial charge < -0.3 is 21.7 Å². The maximum absolute atomic E-state index is 13.1. The van der Waals surface area contributed by atoms with Crippen LogP contribution in [0.2, 0.25) is 0 Å². The molecule has 6 N–H and O–H groups in total. The number of rotatable bonds is 10. The molecule has 0 aliphatic rings. The van der Waals surface area contributed by atoms with E-state index >= 15 is 0 Å². The lowest BCUT2D eigenvalue weighted by Gasteiger charge is -2.23. The Hall–Kier alpha value is -1.99. The fourth-order valence-corrected chi connectivity index (χ4v) is 2.43. The van der Waals surface area contributed by atoms with Crippen LogP contribution in [0.1, 0.15) is 38.2 Å². The number of halogens is 1. The van der Waals surface area contributed by atoms with E-state index in [1.54, 1.807) is 12.1 Å². The standard InChI is InChI=1S/C17H25FN2O4/c1-17(24,16(20)23)8-7-12(15(19)22)10-14(21)6-5-11-3-2-4-13(18)9-11/h2-4,9,12,14,21,24H,5-8,10H2,1H3,(H2,19,22)(H2,20,23). The predicted molar refractivity (Wildman–Crippen MR) is 87.1 cm³/mol. The van der Waals surface area contributed by atoms with Crippen molar-refractivity contribution < 1.29 is 24.2 Å². The Morgan fingerprint density at radius 3 is 2.50 bits per heavy atom. The molecule has 3 atom stereocenters. The predicted octanol–water partition coefficient (Wildman–Crippen LogP) is 0.627. The van der Waals surface area contributed by atoms with E-state index in [1.165, 1.54) is 19.1 Å². The molecule has 0 aliphatic carbocycles. The van der Waals surface area contributed by atoms with Gasteiger partial charge in [0.15, 0.2) is 0 Å². The van der Waals surface area contributed by atoms with Crippen LogP contribution in [-0.4, -0.2) is 33.7 Å². The van der Waals surface area contributed by atoms with E-state index in [2.05, 4.69) is 0 Å². The number of hydrogen-bond donors (Lipinski definition) is 4. The first-order chi connectivity index (χ1) is 11.1. The van der Waals surface area contributed by atoms with Gasteiger partial charge in [0.25, 0.3) is 0 Å². The van der Waals surface area contributed by atoms with Crippen molar-refractivity contribution in [1.82, 2.24) is 0 Å². The number of aliphatic hydroxyl groups excluding tert-OH is 1. The van der Waals surface area contributed by atoms with Gasteiger partial charge in [-0.15, -0.1) is 0 Å². The summed E-state index contributed by atoms with van der Waals surface area (Å²) in [6, 6.07) is 6.08. The van der Waals surface area contributed by atoms with Crippen LogP contribution in [0, 0.1) is 11.7 Å². The summed E-state index contributed by atoms with van der Waals surface area (Å²) < 4.78 is 13.1. The number of aliphatic hydroxyl groups is 2. The van der Waals surface area contributed by atoms with Gasteiger partial charge >= 0.3 is 0 Å². The third-order valence-electron chi connectivity index (χ3n) is 4.12. The van der Waals surface area contributed by atoms with Crippen molar-refractivity contribution in [3.05, 3.63) is 35.6 Å². The minimum Gasteiger partial charge on any atom is -0.393 e. The zero-order valence-electron chi connectivity index (χ0n) is 13.7. The molecule has 0 saturated carbocycles. The summed E-state index contributed by atoms with van der Waals surface area (Å²) in [4.78, 5) is 22.6. The number of primary amides is 2. The zero-order chi connectivity index (χ0) is 18.3. The summed E-state index contributed by atoms with van der Waals surface area (Å²) in [5, 5.41) is 19.9. The molecular weight excluding hydrogens is 315 g/mol. The highest BCUT2D eigenvalue weighted by molar-refractivity contribution is 5.82. The monoisotopic (exact) mass is 340 g/mol. The number of amides is 2. The first-order valence-corrected chi connectivity index (χ1v) is 7.86. The molecule has 0 spiro atoms. The van der Waals surface area contributed by atoms with Gasteiger partial charge in [0.05, 0.1) is 6.10 Å². The van der Waals surface area contributed by atoms with E-state index < -0.39 is 29.4 Å². The molecule has 1 aromatic rings. The van der Waals surface area contributed by atoms with Crippen LogP contribution in [0.4, 0.5) is 4.39 Å². The highest BCUT2D eigenvalue weighted by Gasteiger charge is 2.30. The Morgan fingerprint density at radius 2 is 1.96 bits per heavy atom. The fraction of sp³-hybridized carbons (Fsp3) is 0.529. The Labute approximate surface area is 140 Å². The van der Waals surface area contributed by atoms with Gasteiger partial charge in [-0.2, -0.15) is 0 Å². The lowest BCUT2D eigenvalue weighted by Crippen LogP contribution is -2.42. The first kappa shape index (κ1) is 20.1. The topological polar surface area (TPSA) is 127 Å². The van der Waals surface area contributed by atoms with E-state index in [0.717, 1.165) is 5.56 Å². The van der Waals surface area contributed by atoms with E-state index in [1.807, 2.05) is 0 Å². The van der Waals surface area contributed by atoms with Gasteiger partial charge in [-0.25, -0.2) is 4.39 Å². The quantitative estimate of drug-likeness (QED) is 0.498. The second-order valence-electron chi connectivity index (χ2n) is 6.33. The van der Waals surface area contributed by atoms with Crippen LogP contribution in [0.5, 0.6) is 0 Å². The highest BCUT2D eigenvalue weighted by atomic mass is 19.1. The molecule has 0 aliphatic heterocycles. The second kappa shape index (κ2) is 8.75. The average molecular weight is 340 g/mol. The van der Waals surface area contributed by atoms with E-state index in [4.69, 9.17) is 11.5 Å². The van der Waals surface area contributed by atoms with E-state index in [-0.39, 0.29) is 25.1 Å². The van der Waals surface area contributed by atoms with Gasteiger partial charge in [0.2, 0.25) is 11.8 Å². The molecule has 24 heavy (non-hydrogen) atoms. The Kier molecular flexibility index (Phi) is 7.31. The van der Waals surface area contributed by atoms with Crippen molar-refractivity contribution in [2.24, 2.45) is 17.4 Å².